The fourth-order valence-electron chi connectivity index (χ4n) is 1.15. The van der Waals surface area contributed by atoms with Crippen LogP contribution in [0.4, 0.5) is 0 Å². The summed E-state index contributed by atoms with van der Waals surface area (Å²) in [5.41, 5.74) is 5.38. The average molecular weight is 281 g/mol. The number of ether oxygens (including phenoxy) is 1. The number of nitrogens with one attached hydrogen (secondary N) is 1. The molecule has 0 unspecified atom stereocenters. The fraction of sp³-hybridized carbons (Fsp3) is 0.471. The number of aryl methyl sites for hydroxylation is 2. The van der Waals surface area contributed by atoms with Crippen molar-refractivity contribution < 1.29 is 9.53 Å². The van der Waals surface area contributed by atoms with Gasteiger partial charge in [0.1, 0.15) is 6.79 Å². The summed E-state index contributed by atoms with van der Waals surface area (Å²) >= 11 is 0. The minimum absolute atomic E-state index is 0.726. The lowest BCUT2D eigenvalue weighted by atomic mass is 10.2. The van der Waals surface area contributed by atoms with E-state index in [2.05, 4.69) is 57.5 Å². The number of rotatable bonds is 3. The molecule has 116 valence electrons. The molecule has 0 saturated heterocycles. The Bertz CT molecular complexity index is 332. The van der Waals surface area contributed by atoms with E-state index in [4.69, 9.17) is 4.79 Å². The molecule has 0 saturated carbocycles. The maximum Gasteiger partial charge on any atom is 0.106 e. The van der Waals surface area contributed by atoms with Gasteiger partial charge in [-0.25, -0.2) is 0 Å². The highest BCUT2D eigenvalue weighted by Gasteiger charge is 2.00. The van der Waals surface area contributed by atoms with Gasteiger partial charge in [-0.2, -0.15) is 0 Å². The van der Waals surface area contributed by atoms with E-state index < -0.39 is 0 Å². The third-order valence-corrected chi connectivity index (χ3v) is 2.64. The summed E-state index contributed by atoms with van der Waals surface area (Å²) in [5.74, 6) is 0. The molecule has 1 rings (SSSR count). The van der Waals surface area contributed by atoms with Gasteiger partial charge in [-0.15, -0.1) is 6.58 Å². The van der Waals surface area contributed by atoms with Gasteiger partial charge in [0.05, 0.1) is 12.9 Å². The average Bonchev–Trinajstić information content (AvgIpc) is 2.69. The zero-order chi connectivity index (χ0) is 16.6. The fourth-order valence-corrected chi connectivity index (χ4v) is 1.15. The monoisotopic (exact) mass is 281 g/mol. The predicted octanol–water partition coefficient (Wildman–Crippen LogP) is 4.81. The summed E-state index contributed by atoms with van der Waals surface area (Å²) in [6.07, 6.45) is 4.39. The molecule has 1 aromatic rings. The van der Waals surface area contributed by atoms with Gasteiger partial charge in [0.25, 0.3) is 0 Å². The molecule has 0 aromatic carbocycles. The summed E-state index contributed by atoms with van der Waals surface area (Å²) < 4.78 is 4.60. The molecule has 1 aromatic heterocycles. The highest BCUT2D eigenvalue weighted by molar-refractivity contribution is 5.32. The zero-order valence-electron chi connectivity index (χ0n) is 14.0. The third-order valence-electron chi connectivity index (χ3n) is 2.64. The SMILES string of the molecule is C=CCC.C=COCC.C=O.Cc1[nH]c(C)c(C)c1C. The number of allylic oxidation sites excluding steroid dienone is 1. The van der Waals surface area contributed by atoms with Crippen LogP contribution in [0.5, 0.6) is 0 Å². The molecule has 0 radical (unpaired) electrons. The molecule has 3 nitrogen and oxygen atoms in total. The number of hydrogen-bond donors (Lipinski definition) is 1. The number of aromatic nitrogens is 1. The van der Waals surface area contributed by atoms with Crippen LogP contribution in [-0.2, 0) is 9.53 Å². The Morgan fingerprint density at radius 1 is 1.00 bits per heavy atom. The quantitative estimate of drug-likeness (QED) is 0.638. The lowest BCUT2D eigenvalue weighted by Crippen LogP contribution is -1.73. The molecular weight excluding hydrogens is 250 g/mol. The highest BCUT2D eigenvalue weighted by Crippen LogP contribution is 2.14. The van der Waals surface area contributed by atoms with E-state index in [1.54, 1.807) is 0 Å². The third kappa shape index (κ3) is 12.7. The Morgan fingerprint density at radius 2 is 1.35 bits per heavy atom. The highest BCUT2D eigenvalue weighted by atomic mass is 16.5. The lowest BCUT2D eigenvalue weighted by Gasteiger charge is -1.88. The number of aromatic amines is 1. The van der Waals surface area contributed by atoms with E-state index >= 15 is 0 Å². The first-order valence-electron chi connectivity index (χ1n) is 6.70. The maximum absolute atomic E-state index is 8.00. The van der Waals surface area contributed by atoms with E-state index in [1.807, 2.05) is 19.8 Å². The van der Waals surface area contributed by atoms with Crippen LogP contribution in [0.1, 0.15) is 42.8 Å². The Morgan fingerprint density at radius 3 is 1.40 bits per heavy atom. The van der Waals surface area contributed by atoms with Crippen LogP contribution in [0, 0.1) is 27.7 Å². The van der Waals surface area contributed by atoms with Crippen LogP contribution in [0.3, 0.4) is 0 Å². The molecule has 0 aliphatic rings. The molecule has 20 heavy (non-hydrogen) atoms. The molecule has 0 atom stereocenters. The Kier molecular flexibility index (Phi) is 20.1. The van der Waals surface area contributed by atoms with Gasteiger partial charge in [0.2, 0.25) is 0 Å². The van der Waals surface area contributed by atoms with Gasteiger partial charge in [0, 0.05) is 11.4 Å². The lowest BCUT2D eigenvalue weighted by molar-refractivity contribution is -0.0979. The van der Waals surface area contributed by atoms with E-state index in [0.717, 1.165) is 13.0 Å². The van der Waals surface area contributed by atoms with Gasteiger partial charge >= 0.3 is 0 Å². The summed E-state index contributed by atoms with van der Waals surface area (Å²) in [7, 11) is 0. The normalized spacial score (nSPS) is 7.70. The number of carbonyl (C=O) groups excluding carboxylic acids is 1. The van der Waals surface area contributed by atoms with Crippen molar-refractivity contribution in [3.05, 3.63) is 48.0 Å². The predicted molar refractivity (Wildman–Crippen MR) is 89.2 cm³/mol. The molecule has 0 aliphatic carbocycles. The summed E-state index contributed by atoms with van der Waals surface area (Å²) in [6, 6.07) is 0. The largest absolute Gasteiger partial charge is 0.502 e. The Hall–Kier alpha value is -1.77. The van der Waals surface area contributed by atoms with Crippen LogP contribution in [0.15, 0.2) is 25.5 Å². The first-order chi connectivity index (χ1) is 9.45. The summed E-state index contributed by atoms with van der Waals surface area (Å²) in [4.78, 5) is 11.3. The summed E-state index contributed by atoms with van der Waals surface area (Å²) in [6.45, 7) is 22.0. The summed E-state index contributed by atoms with van der Waals surface area (Å²) in [5, 5.41) is 0. The maximum atomic E-state index is 8.00. The van der Waals surface area contributed by atoms with Crippen molar-refractivity contribution in [3.8, 4) is 0 Å². The number of hydrogen-bond acceptors (Lipinski definition) is 2. The number of H-pyrrole nitrogens is 1. The van der Waals surface area contributed by atoms with E-state index in [-0.39, 0.29) is 0 Å². The molecule has 0 amide bonds. The van der Waals surface area contributed by atoms with Gasteiger partial charge in [-0.3, -0.25) is 0 Å². The first kappa shape index (κ1) is 23.3. The second-order valence-electron chi connectivity index (χ2n) is 3.94. The molecule has 0 bridgehead atoms. The van der Waals surface area contributed by atoms with Crippen molar-refractivity contribution in [2.24, 2.45) is 0 Å². The van der Waals surface area contributed by atoms with Crippen molar-refractivity contribution in [1.29, 1.82) is 0 Å². The molecular formula is C17H31NO2. The second-order valence-corrected chi connectivity index (χ2v) is 3.94. The van der Waals surface area contributed by atoms with E-state index in [9.17, 15) is 0 Å². The van der Waals surface area contributed by atoms with Crippen LogP contribution < -0.4 is 0 Å². The number of carbonyl (C=O) groups is 1. The van der Waals surface area contributed by atoms with Gasteiger partial charge in [0.15, 0.2) is 0 Å². The molecule has 1 N–H and O–H groups in total. The molecule has 0 spiro atoms. The zero-order valence-corrected chi connectivity index (χ0v) is 14.0. The minimum atomic E-state index is 0.726. The van der Waals surface area contributed by atoms with Crippen molar-refractivity contribution in [2.75, 3.05) is 6.61 Å². The van der Waals surface area contributed by atoms with E-state index in [0.29, 0.717) is 0 Å². The molecule has 1 heterocycles. The van der Waals surface area contributed by atoms with Gasteiger partial charge < -0.3 is 14.5 Å². The van der Waals surface area contributed by atoms with Crippen molar-refractivity contribution >= 4 is 6.79 Å². The van der Waals surface area contributed by atoms with Crippen LogP contribution in [-0.4, -0.2) is 18.4 Å². The van der Waals surface area contributed by atoms with Crippen LogP contribution >= 0.6 is 0 Å². The van der Waals surface area contributed by atoms with Crippen molar-refractivity contribution in [2.45, 2.75) is 48.0 Å². The smallest absolute Gasteiger partial charge is 0.106 e. The minimum Gasteiger partial charge on any atom is -0.502 e. The Balaban J connectivity index is -0.000000226. The Labute approximate surface area is 124 Å². The standard InChI is InChI=1S/C8H13N.C4H8O.C4H8.CH2O/c1-5-6(2)8(4)9-7(5)3;1-3-5-4-2;1-3-4-2;1-2/h9H,1-4H3;3H,1,4H2,2H3;3H,1,4H2,2H3;1H2. The van der Waals surface area contributed by atoms with Crippen molar-refractivity contribution in [3.63, 3.8) is 0 Å². The van der Waals surface area contributed by atoms with Gasteiger partial charge in [-0.05, 0) is 52.2 Å². The van der Waals surface area contributed by atoms with Crippen molar-refractivity contribution in [1.82, 2.24) is 4.98 Å². The first-order valence-corrected chi connectivity index (χ1v) is 6.70. The van der Waals surface area contributed by atoms with Crippen LogP contribution in [0.25, 0.3) is 0 Å². The van der Waals surface area contributed by atoms with E-state index in [1.165, 1.54) is 28.8 Å². The van der Waals surface area contributed by atoms with Crippen LogP contribution in [0.2, 0.25) is 0 Å². The second kappa shape index (κ2) is 17.2. The van der Waals surface area contributed by atoms with Gasteiger partial charge in [-0.1, -0.05) is 19.6 Å². The molecule has 0 fully saturated rings. The molecule has 0 aliphatic heterocycles. The topological polar surface area (TPSA) is 42.1 Å². The molecule has 3 heteroatoms.